The molecule has 2 heterocycles. The van der Waals surface area contributed by atoms with Crippen molar-refractivity contribution in [2.24, 2.45) is 0 Å². The maximum atomic E-state index is 13.9. The number of piperazine rings is 1. The van der Waals surface area contributed by atoms with Crippen LogP contribution in [0.4, 0.5) is 5.69 Å². The Morgan fingerprint density at radius 3 is 2.17 bits per heavy atom. The molecular formula is C32H35N3O6S. The van der Waals surface area contributed by atoms with Crippen molar-refractivity contribution in [2.45, 2.75) is 19.5 Å². The maximum absolute atomic E-state index is 13.9. The van der Waals surface area contributed by atoms with Crippen LogP contribution in [0.2, 0.25) is 0 Å². The van der Waals surface area contributed by atoms with Crippen LogP contribution < -0.4 is 14.4 Å². The predicted octanol–water partition coefficient (Wildman–Crippen LogP) is 4.40. The fourth-order valence-corrected chi connectivity index (χ4v) is 6.01. The molecule has 42 heavy (non-hydrogen) atoms. The van der Waals surface area contributed by atoms with E-state index < -0.39 is 21.7 Å². The van der Waals surface area contributed by atoms with Crippen LogP contribution in [0.15, 0.2) is 66.1 Å². The topological polar surface area (TPSA) is 96.5 Å². The molecule has 1 saturated heterocycles. The van der Waals surface area contributed by atoms with Gasteiger partial charge in [-0.15, -0.1) is 0 Å². The molecule has 0 bridgehead atoms. The van der Waals surface area contributed by atoms with Crippen molar-refractivity contribution in [3.63, 3.8) is 0 Å². The highest BCUT2D eigenvalue weighted by Gasteiger charge is 2.40. The SMILES string of the molecule is COc1ccc(CN2C(=O)c3c(C=CS(C)(=O)=O)ccc(N4CCN([C@H](C)c5ccccc5)CC4)c3C2=O)cc1OC. The molecule has 1 fully saturated rings. The van der Waals surface area contributed by atoms with Gasteiger partial charge in [0.2, 0.25) is 0 Å². The van der Waals surface area contributed by atoms with Gasteiger partial charge < -0.3 is 14.4 Å². The average Bonchev–Trinajstić information content (AvgIpc) is 3.25. The number of methoxy groups -OCH3 is 2. The number of fused-ring (bicyclic) bond motifs is 1. The zero-order valence-corrected chi connectivity index (χ0v) is 25.1. The van der Waals surface area contributed by atoms with Crippen molar-refractivity contribution in [1.29, 1.82) is 0 Å². The Kier molecular flexibility index (Phi) is 8.38. The third-order valence-corrected chi connectivity index (χ3v) is 8.53. The van der Waals surface area contributed by atoms with E-state index in [4.69, 9.17) is 9.47 Å². The first-order valence-corrected chi connectivity index (χ1v) is 15.7. The molecule has 0 radical (unpaired) electrons. The zero-order valence-electron chi connectivity index (χ0n) is 24.2. The lowest BCUT2D eigenvalue weighted by atomic mass is 9.99. The van der Waals surface area contributed by atoms with E-state index in [-0.39, 0.29) is 18.2 Å². The Morgan fingerprint density at radius 1 is 0.857 bits per heavy atom. The van der Waals surface area contributed by atoms with E-state index in [0.717, 1.165) is 24.8 Å². The number of ether oxygens (including phenoxy) is 2. The predicted molar refractivity (Wildman–Crippen MR) is 163 cm³/mol. The first-order valence-electron chi connectivity index (χ1n) is 13.8. The minimum atomic E-state index is -3.45. The highest BCUT2D eigenvalue weighted by molar-refractivity contribution is 7.93. The second-order valence-electron chi connectivity index (χ2n) is 10.6. The van der Waals surface area contributed by atoms with Gasteiger partial charge in [0.05, 0.1) is 37.6 Å². The van der Waals surface area contributed by atoms with Crippen molar-refractivity contribution < 1.29 is 27.5 Å². The largest absolute Gasteiger partial charge is 0.493 e. The number of hydrogen-bond donors (Lipinski definition) is 0. The van der Waals surface area contributed by atoms with E-state index in [1.165, 1.54) is 30.8 Å². The third-order valence-electron chi connectivity index (χ3n) is 7.90. The van der Waals surface area contributed by atoms with Crippen LogP contribution in [0.1, 0.15) is 50.4 Å². The number of amides is 2. The van der Waals surface area contributed by atoms with Crippen molar-refractivity contribution in [2.75, 3.05) is 51.6 Å². The number of nitrogens with zero attached hydrogens (tertiary/aromatic N) is 3. The molecule has 220 valence electrons. The number of rotatable bonds is 9. The van der Waals surface area contributed by atoms with Gasteiger partial charge in [0, 0.05) is 43.9 Å². The van der Waals surface area contributed by atoms with E-state index >= 15 is 0 Å². The van der Waals surface area contributed by atoms with Crippen LogP contribution in [0, 0.1) is 0 Å². The molecule has 0 spiro atoms. The normalized spacial score (nSPS) is 16.7. The Morgan fingerprint density at radius 2 is 1.52 bits per heavy atom. The summed E-state index contributed by atoms with van der Waals surface area (Å²) in [6.07, 6.45) is 2.48. The number of anilines is 1. The van der Waals surface area contributed by atoms with Crippen LogP contribution in [0.5, 0.6) is 11.5 Å². The van der Waals surface area contributed by atoms with Gasteiger partial charge in [-0.1, -0.05) is 42.5 Å². The molecule has 5 rings (SSSR count). The summed E-state index contributed by atoms with van der Waals surface area (Å²) < 4.78 is 34.5. The van der Waals surface area contributed by atoms with E-state index in [1.807, 2.05) is 24.3 Å². The van der Waals surface area contributed by atoms with Crippen molar-refractivity contribution in [1.82, 2.24) is 9.80 Å². The minimum absolute atomic E-state index is 0.0315. The van der Waals surface area contributed by atoms with Crippen molar-refractivity contribution in [3.05, 3.63) is 93.9 Å². The van der Waals surface area contributed by atoms with E-state index in [9.17, 15) is 18.0 Å². The Balaban J connectivity index is 1.46. The second kappa shape index (κ2) is 12.0. The van der Waals surface area contributed by atoms with Gasteiger partial charge in [-0.2, -0.15) is 0 Å². The van der Waals surface area contributed by atoms with Gasteiger partial charge in [-0.3, -0.25) is 19.4 Å². The molecule has 1 atom stereocenters. The minimum Gasteiger partial charge on any atom is -0.493 e. The number of carbonyl (C=O) groups is 2. The fourth-order valence-electron chi connectivity index (χ4n) is 5.61. The van der Waals surface area contributed by atoms with Gasteiger partial charge >= 0.3 is 0 Å². The lowest BCUT2D eigenvalue weighted by Crippen LogP contribution is -2.47. The Hall–Kier alpha value is -4.15. The zero-order chi connectivity index (χ0) is 30.0. The van der Waals surface area contributed by atoms with E-state index in [0.29, 0.717) is 47.0 Å². The van der Waals surface area contributed by atoms with E-state index in [2.05, 4.69) is 28.9 Å². The highest BCUT2D eigenvalue weighted by Crippen LogP contribution is 2.37. The molecule has 2 aliphatic rings. The first kappa shape index (κ1) is 29.3. The fraction of sp³-hybridized carbons (Fsp3) is 0.312. The van der Waals surface area contributed by atoms with Gasteiger partial charge in [0.15, 0.2) is 21.3 Å². The standard InChI is InChI=1S/C32H35N3O6S/c1-22(24-8-6-5-7-9-24)33-15-17-34(18-16-33)26-12-11-25(14-19-42(4,38)39)29-30(26)32(37)35(31(29)36)21-23-10-13-27(40-2)28(20-23)41-3/h5-14,19-20,22H,15-18,21H2,1-4H3/t22-/m1/s1. The monoisotopic (exact) mass is 589 g/mol. The first-order chi connectivity index (χ1) is 20.1. The summed E-state index contributed by atoms with van der Waals surface area (Å²) in [5.74, 6) is 0.164. The molecule has 10 heteroatoms. The summed E-state index contributed by atoms with van der Waals surface area (Å²) in [7, 11) is -0.384. The summed E-state index contributed by atoms with van der Waals surface area (Å²) in [5.41, 5.74) is 3.55. The summed E-state index contributed by atoms with van der Waals surface area (Å²) in [4.78, 5) is 33.5. The lowest BCUT2D eigenvalue weighted by molar-refractivity contribution is 0.0642. The van der Waals surface area contributed by atoms with E-state index in [1.54, 1.807) is 24.3 Å². The molecule has 0 aliphatic carbocycles. The third kappa shape index (κ3) is 5.91. The molecule has 0 aromatic heterocycles. The summed E-state index contributed by atoms with van der Waals surface area (Å²) >= 11 is 0. The van der Waals surface area contributed by atoms with Crippen LogP contribution >= 0.6 is 0 Å². The number of sulfone groups is 1. The number of hydrogen-bond acceptors (Lipinski definition) is 8. The average molecular weight is 590 g/mol. The maximum Gasteiger partial charge on any atom is 0.263 e. The molecular weight excluding hydrogens is 554 g/mol. The van der Waals surface area contributed by atoms with Crippen LogP contribution in [-0.4, -0.2) is 76.7 Å². The second-order valence-corrected chi connectivity index (χ2v) is 12.5. The van der Waals surface area contributed by atoms with Crippen LogP contribution in [0.25, 0.3) is 6.08 Å². The quantitative estimate of drug-likeness (QED) is 0.339. The Labute approximate surface area is 246 Å². The van der Waals surface area contributed by atoms with Gasteiger partial charge in [-0.05, 0) is 47.9 Å². The molecule has 3 aromatic carbocycles. The molecule has 9 nitrogen and oxygen atoms in total. The molecule has 2 aliphatic heterocycles. The Bertz CT molecular complexity index is 1630. The van der Waals surface area contributed by atoms with Crippen molar-refractivity contribution in [3.8, 4) is 11.5 Å². The lowest BCUT2D eigenvalue weighted by Gasteiger charge is -2.39. The van der Waals surface area contributed by atoms with Gasteiger partial charge in [0.25, 0.3) is 11.8 Å². The number of benzene rings is 3. The molecule has 2 amide bonds. The molecule has 0 N–H and O–H groups in total. The van der Waals surface area contributed by atoms with Crippen LogP contribution in [-0.2, 0) is 16.4 Å². The molecule has 0 saturated carbocycles. The summed E-state index contributed by atoms with van der Waals surface area (Å²) in [6.45, 7) is 5.16. The van der Waals surface area contributed by atoms with Gasteiger partial charge in [0.1, 0.15) is 0 Å². The molecule has 3 aromatic rings. The number of imide groups is 1. The smallest absolute Gasteiger partial charge is 0.263 e. The molecule has 0 unspecified atom stereocenters. The number of carbonyl (C=O) groups excluding carboxylic acids is 2. The highest BCUT2D eigenvalue weighted by atomic mass is 32.2. The summed E-state index contributed by atoms with van der Waals surface area (Å²) in [6, 6.07) is 19.4. The van der Waals surface area contributed by atoms with Crippen LogP contribution in [0.3, 0.4) is 0 Å². The summed E-state index contributed by atoms with van der Waals surface area (Å²) in [5, 5.41) is 1.06. The van der Waals surface area contributed by atoms with Gasteiger partial charge in [-0.25, -0.2) is 8.42 Å². The van der Waals surface area contributed by atoms with Crippen molar-refractivity contribution >= 4 is 33.4 Å².